The Morgan fingerprint density at radius 2 is 1.86 bits per heavy atom. The van der Waals surface area contributed by atoms with E-state index in [4.69, 9.17) is 4.74 Å². The normalized spacial score (nSPS) is 16.5. The Kier molecular flexibility index (Phi) is 6.68. The number of amides is 2. The summed E-state index contributed by atoms with van der Waals surface area (Å²) < 4.78 is 5.37. The number of hydrogen-bond acceptors (Lipinski definition) is 3. The van der Waals surface area contributed by atoms with Crippen LogP contribution in [0.3, 0.4) is 0 Å². The van der Waals surface area contributed by atoms with E-state index in [1.54, 1.807) is 0 Å². The number of hydrogen-bond donors (Lipinski definition) is 2. The lowest BCUT2D eigenvalue weighted by atomic mass is 10.1. The number of carbonyl (C=O) groups excluding carboxylic acids is 1. The summed E-state index contributed by atoms with van der Waals surface area (Å²) in [7, 11) is 2.12. The van der Waals surface area contributed by atoms with Gasteiger partial charge in [0.1, 0.15) is 0 Å². The summed E-state index contributed by atoms with van der Waals surface area (Å²) in [6.45, 7) is 5.99. The molecule has 1 aromatic carbocycles. The Labute approximate surface area is 133 Å². The summed E-state index contributed by atoms with van der Waals surface area (Å²) in [5.41, 5.74) is 2.25. The van der Waals surface area contributed by atoms with E-state index in [2.05, 4.69) is 22.6 Å². The van der Waals surface area contributed by atoms with Crippen LogP contribution in [-0.4, -0.2) is 43.7 Å². The Morgan fingerprint density at radius 1 is 1.23 bits per heavy atom. The molecule has 0 unspecified atom stereocenters. The highest BCUT2D eigenvalue weighted by atomic mass is 16.5. The van der Waals surface area contributed by atoms with Crippen molar-refractivity contribution in [2.45, 2.75) is 39.0 Å². The first kappa shape index (κ1) is 16.8. The van der Waals surface area contributed by atoms with E-state index in [0.717, 1.165) is 43.7 Å². The lowest BCUT2D eigenvalue weighted by molar-refractivity contribution is 0.134. The maximum Gasteiger partial charge on any atom is 0.315 e. The third kappa shape index (κ3) is 5.66. The van der Waals surface area contributed by atoms with Gasteiger partial charge in [-0.3, -0.25) is 0 Å². The summed E-state index contributed by atoms with van der Waals surface area (Å²) in [6, 6.07) is 8.37. The third-order valence-corrected chi connectivity index (χ3v) is 4.00. The second kappa shape index (κ2) is 8.76. The van der Waals surface area contributed by atoms with Gasteiger partial charge in [-0.15, -0.1) is 0 Å². The molecule has 1 aliphatic heterocycles. The molecule has 1 heterocycles. The molecule has 0 radical (unpaired) electrons. The van der Waals surface area contributed by atoms with Crippen molar-refractivity contribution in [2.75, 3.05) is 26.7 Å². The van der Waals surface area contributed by atoms with Crippen LogP contribution in [0, 0.1) is 0 Å². The summed E-state index contributed by atoms with van der Waals surface area (Å²) in [5.74, 6) is 0. The minimum absolute atomic E-state index is 0.0760. The van der Waals surface area contributed by atoms with Gasteiger partial charge in [-0.1, -0.05) is 24.3 Å². The molecule has 0 atom stereocenters. The molecule has 1 saturated heterocycles. The minimum atomic E-state index is -0.0760. The standard InChI is InChI=1S/C17H27N3O2/c1-3-22-13-15-6-4-14(5-7-15)12-18-17(21)19-16-8-10-20(2)11-9-16/h4-7,16H,3,8-13H2,1-2H3,(H2,18,19,21). The van der Waals surface area contributed by atoms with Gasteiger partial charge in [0.05, 0.1) is 6.61 Å². The Hall–Kier alpha value is -1.59. The van der Waals surface area contributed by atoms with Crippen molar-refractivity contribution in [3.05, 3.63) is 35.4 Å². The molecule has 5 heteroatoms. The van der Waals surface area contributed by atoms with Crippen LogP contribution in [0.15, 0.2) is 24.3 Å². The van der Waals surface area contributed by atoms with Crippen molar-refractivity contribution in [1.29, 1.82) is 0 Å². The fourth-order valence-corrected chi connectivity index (χ4v) is 2.54. The fraction of sp³-hybridized carbons (Fsp3) is 0.588. The number of nitrogens with zero attached hydrogens (tertiary/aromatic N) is 1. The van der Waals surface area contributed by atoms with Crippen LogP contribution in [0.4, 0.5) is 4.79 Å². The van der Waals surface area contributed by atoms with E-state index in [-0.39, 0.29) is 6.03 Å². The third-order valence-electron chi connectivity index (χ3n) is 4.00. The summed E-state index contributed by atoms with van der Waals surface area (Å²) in [6.07, 6.45) is 2.05. The van der Waals surface area contributed by atoms with Crippen molar-refractivity contribution in [2.24, 2.45) is 0 Å². The van der Waals surface area contributed by atoms with Gasteiger partial charge in [0.2, 0.25) is 0 Å². The molecule has 1 aliphatic rings. The van der Waals surface area contributed by atoms with Crippen LogP contribution < -0.4 is 10.6 Å². The number of urea groups is 1. The molecular formula is C17H27N3O2. The lowest BCUT2D eigenvalue weighted by Crippen LogP contribution is -2.46. The van der Waals surface area contributed by atoms with Crippen LogP contribution in [0.2, 0.25) is 0 Å². The Morgan fingerprint density at radius 3 is 2.50 bits per heavy atom. The molecule has 122 valence electrons. The SMILES string of the molecule is CCOCc1ccc(CNC(=O)NC2CCN(C)CC2)cc1. The number of ether oxygens (including phenoxy) is 1. The number of carbonyl (C=O) groups is 1. The maximum atomic E-state index is 11.9. The predicted octanol–water partition coefficient (Wildman–Crippen LogP) is 2.12. The highest BCUT2D eigenvalue weighted by molar-refractivity contribution is 5.74. The van der Waals surface area contributed by atoms with Crippen LogP contribution >= 0.6 is 0 Å². The van der Waals surface area contributed by atoms with E-state index < -0.39 is 0 Å². The van der Waals surface area contributed by atoms with E-state index >= 15 is 0 Å². The molecular weight excluding hydrogens is 278 g/mol. The van der Waals surface area contributed by atoms with Crippen LogP contribution in [0.1, 0.15) is 30.9 Å². The average molecular weight is 305 g/mol. The Balaban J connectivity index is 1.69. The molecule has 2 N–H and O–H groups in total. The lowest BCUT2D eigenvalue weighted by Gasteiger charge is -2.29. The van der Waals surface area contributed by atoms with Crippen LogP contribution in [0.5, 0.6) is 0 Å². The average Bonchev–Trinajstić information content (AvgIpc) is 2.54. The van der Waals surface area contributed by atoms with Crippen molar-refractivity contribution in [3.63, 3.8) is 0 Å². The van der Waals surface area contributed by atoms with Crippen molar-refractivity contribution >= 4 is 6.03 Å². The largest absolute Gasteiger partial charge is 0.377 e. The molecule has 1 fully saturated rings. The molecule has 5 nitrogen and oxygen atoms in total. The number of nitrogens with one attached hydrogen (secondary N) is 2. The highest BCUT2D eigenvalue weighted by Gasteiger charge is 2.17. The second-order valence-electron chi connectivity index (χ2n) is 5.86. The van der Waals surface area contributed by atoms with Gasteiger partial charge in [-0.2, -0.15) is 0 Å². The minimum Gasteiger partial charge on any atom is -0.377 e. The summed E-state index contributed by atoms with van der Waals surface area (Å²) in [5, 5.41) is 5.98. The molecule has 0 aliphatic carbocycles. The molecule has 2 rings (SSSR count). The fourth-order valence-electron chi connectivity index (χ4n) is 2.54. The zero-order chi connectivity index (χ0) is 15.8. The first-order chi connectivity index (χ1) is 10.7. The van der Waals surface area contributed by atoms with Gasteiger partial charge in [0.15, 0.2) is 0 Å². The van der Waals surface area contributed by atoms with E-state index in [1.165, 1.54) is 0 Å². The van der Waals surface area contributed by atoms with Crippen molar-refractivity contribution in [3.8, 4) is 0 Å². The topological polar surface area (TPSA) is 53.6 Å². The van der Waals surface area contributed by atoms with Gasteiger partial charge in [-0.25, -0.2) is 4.79 Å². The monoisotopic (exact) mass is 305 g/mol. The molecule has 0 aromatic heterocycles. The van der Waals surface area contributed by atoms with Crippen molar-refractivity contribution in [1.82, 2.24) is 15.5 Å². The maximum absolute atomic E-state index is 11.9. The molecule has 0 bridgehead atoms. The molecule has 2 amide bonds. The van der Waals surface area contributed by atoms with Gasteiger partial charge >= 0.3 is 6.03 Å². The molecule has 22 heavy (non-hydrogen) atoms. The van der Waals surface area contributed by atoms with Gasteiger partial charge < -0.3 is 20.3 Å². The summed E-state index contributed by atoms with van der Waals surface area (Å²) >= 11 is 0. The van der Waals surface area contributed by atoms with Crippen LogP contribution in [0.25, 0.3) is 0 Å². The predicted molar refractivity (Wildman–Crippen MR) is 87.7 cm³/mol. The zero-order valence-electron chi connectivity index (χ0n) is 13.6. The first-order valence-electron chi connectivity index (χ1n) is 8.06. The van der Waals surface area contributed by atoms with E-state index in [9.17, 15) is 4.79 Å². The van der Waals surface area contributed by atoms with E-state index in [0.29, 0.717) is 19.2 Å². The van der Waals surface area contributed by atoms with Crippen LogP contribution in [-0.2, 0) is 17.9 Å². The molecule has 0 saturated carbocycles. The first-order valence-corrected chi connectivity index (χ1v) is 8.06. The number of benzene rings is 1. The number of likely N-dealkylation sites (tertiary alicyclic amines) is 1. The molecule has 0 spiro atoms. The zero-order valence-corrected chi connectivity index (χ0v) is 13.6. The van der Waals surface area contributed by atoms with Gasteiger partial charge in [0, 0.05) is 19.2 Å². The van der Waals surface area contributed by atoms with Crippen molar-refractivity contribution < 1.29 is 9.53 Å². The van der Waals surface area contributed by atoms with E-state index in [1.807, 2.05) is 31.2 Å². The quantitative estimate of drug-likeness (QED) is 0.846. The molecule has 1 aromatic rings. The smallest absolute Gasteiger partial charge is 0.315 e. The van der Waals surface area contributed by atoms with Gasteiger partial charge in [0.25, 0.3) is 0 Å². The number of rotatable bonds is 6. The number of piperidine rings is 1. The highest BCUT2D eigenvalue weighted by Crippen LogP contribution is 2.08. The summed E-state index contributed by atoms with van der Waals surface area (Å²) in [4.78, 5) is 14.2. The van der Waals surface area contributed by atoms with Gasteiger partial charge in [-0.05, 0) is 51.0 Å². The Bertz CT molecular complexity index is 453. The second-order valence-corrected chi connectivity index (χ2v) is 5.86.